The molecule has 1 aromatic carbocycles. The van der Waals surface area contributed by atoms with Gasteiger partial charge in [-0.05, 0) is 69.3 Å². The number of rotatable bonds is 2. The first-order valence-corrected chi connectivity index (χ1v) is 8.76. The number of likely N-dealkylation sites (tertiary alicyclic amines) is 1. The molecule has 0 aromatic heterocycles. The Balaban J connectivity index is 1.88. The molecule has 2 heteroatoms. The van der Waals surface area contributed by atoms with Crippen LogP contribution >= 0.6 is 0 Å². The molecule has 1 saturated carbocycles. The molecule has 2 aliphatic rings. The molecule has 116 valence electrons. The summed E-state index contributed by atoms with van der Waals surface area (Å²) in [5.74, 6) is 0.702. The van der Waals surface area contributed by atoms with E-state index in [1.54, 1.807) is 5.56 Å². The van der Waals surface area contributed by atoms with Gasteiger partial charge in [0.05, 0.1) is 0 Å². The monoisotopic (exact) mass is 286 g/mol. The summed E-state index contributed by atoms with van der Waals surface area (Å²) in [5.41, 5.74) is 9.79. The van der Waals surface area contributed by atoms with Gasteiger partial charge >= 0.3 is 0 Å². The zero-order valence-electron chi connectivity index (χ0n) is 13.5. The number of nitrogens with zero attached hydrogens (tertiary/aromatic N) is 1. The van der Waals surface area contributed by atoms with Crippen molar-refractivity contribution in [1.82, 2.24) is 4.90 Å². The van der Waals surface area contributed by atoms with Gasteiger partial charge in [0, 0.05) is 5.54 Å². The second kappa shape index (κ2) is 6.50. The standard InChI is InChI=1S/C19H30N2/c1-21-14-7-8-16(11-15-21)17-9-3-4-10-18(17)19(20)12-5-2-6-13-19/h3-4,9-10,16H,2,5-8,11-15,20H2,1H3. The first-order valence-electron chi connectivity index (χ1n) is 8.76. The van der Waals surface area contributed by atoms with Crippen molar-refractivity contribution in [2.24, 2.45) is 5.73 Å². The molecule has 0 bridgehead atoms. The van der Waals surface area contributed by atoms with Crippen LogP contribution in [0.3, 0.4) is 0 Å². The van der Waals surface area contributed by atoms with Gasteiger partial charge in [0.25, 0.3) is 0 Å². The van der Waals surface area contributed by atoms with E-state index in [2.05, 4.69) is 36.2 Å². The molecule has 2 nitrogen and oxygen atoms in total. The van der Waals surface area contributed by atoms with Crippen molar-refractivity contribution >= 4 is 0 Å². The minimum Gasteiger partial charge on any atom is -0.321 e. The van der Waals surface area contributed by atoms with Crippen molar-refractivity contribution in [3.8, 4) is 0 Å². The van der Waals surface area contributed by atoms with Gasteiger partial charge in [0.15, 0.2) is 0 Å². The zero-order chi connectivity index (χ0) is 14.7. The van der Waals surface area contributed by atoms with Gasteiger partial charge in [-0.1, -0.05) is 43.5 Å². The lowest BCUT2D eigenvalue weighted by molar-refractivity contribution is 0.298. The lowest BCUT2D eigenvalue weighted by Gasteiger charge is -2.37. The van der Waals surface area contributed by atoms with Gasteiger partial charge in [-0.25, -0.2) is 0 Å². The Labute approximate surface area is 129 Å². The fraction of sp³-hybridized carbons (Fsp3) is 0.684. The summed E-state index contributed by atoms with van der Waals surface area (Å²) in [5, 5.41) is 0. The van der Waals surface area contributed by atoms with Gasteiger partial charge in [-0.15, -0.1) is 0 Å². The third kappa shape index (κ3) is 3.32. The molecular weight excluding hydrogens is 256 g/mol. The summed E-state index contributed by atoms with van der Waals surface area (Å²) in [6, 6.07) is 9.06. The lowest BCUT2D eigenvalue weighted by Crippen LogP contribution is -2.39. The van der Waals surface area contributed by atoms with Crippen LogP contribution < -0.4 is 5.73 Å². The topological polar surface area (TPSA) is 29.3 Å². The first-order chi connectivity index (χ1) is 10.2. The van der Waals surface area contributed by atoms with E-state index in [4.69, 9.17) is 5.73 Å². The van der Waals surface area contributed by atoms with Crippen molar-refractivity contribution in [3.05, 3.63) is 35.4 Å². The maximum Gasteiger partial charge on any atom is 0.0412 e. The SMILES string of the molecule is CN1CCCC(c2ccccc2C2(N)CCCCC2)CC1. The summed E-state index contributed by atoms with van der Waals surface area (Å²) in [4.78, 5) is 2.47. The van der Waals surface area contributed by atoms with Gasteiger partial charge in [-0.3, -0.25) is 0 Å². The second-order valence-electron chi connectivity index (χ2n) is 7.24. The summed E-state index contributed by atoms with van der Waals surface area (Å²) in [6.45, 7) is 2.46. The normalized spacial score (nSPS) is 27.2. The average Bonchev–Trinajstić information content (AvgIpc) is 2.73. The number of benzene rings is 1. The van der Waals surface area contributed by atoms with E-state index < -0.39 is 0 Å². The van der Waals surface area contributed by atoms with E-state index in [9.17, 15) is 0 Å². The van der Waals surface area contributed by atoms with Crippen LogP contribution in [0, 0.1) is 0 Å². The predicted molar refractivity (Wildman–Crippen MR) is 89.5 cm³/mol. The van der Waals surface area contributed by atoms with Gasteiger partial charge < -0.3 is 10.6 Å². The summed E-state index contributed by atoms with van der Waals surface area (Å²) >= 11 is 0. The van der Waals surface area contributed by atoms with E-state index >= 15 is 0 Å². The van der Waals surface area contributed by atoms with Crippen molar-refractivity contribution in [2.45, 2.75) is 62.8 Å². The van der Waals surface area contributed by atoms with Crippen LogP contribution in [-0.2, 0) is 5.54 Å². The number of hydrogen-bond donors (Lipinski definition) is 1. The zero-order valence-corrected chi connectivity index (χ0v) is 13.5. The molecule has 1 saturated heterocycles. The fourth-order valence-electron chi connectivity index (χ4n) is 4.31. The van der Waals surface area contributed by atoms with E-state index in [1.807, 2.05) is 0 Å². The molecule has 2 fully saturated rings. The average molecular weight is 286 g/mol. The van der Waals surface area contributed by atoms with Crippen LogP contribution in [0.25, 0.3) is 0 Å². The smallest absolute Gasteiger partial charge is 0.0412 e. The van der Waals surface area contributed by atoms with Crippen LogP contribution in [0.15, 0.2) is 24.3 Å². The van der Waals surface area contributed by atoms with Crippen LogP contribution in [-0.4, -0.2) is 25.0 Å². The molecule has 1 heterocycles. The Morgan fingerprint density at radius 2 is 1.76 bits per heavy atom. The molecule has 1 aromatic rings. The van der Waals surface area contributed by atoms with E-state index in [1.165, 1.54) is 57.2 Å². The molecule has 2 N–H and O–H groups in total. The molecule has 3 rings (SSSR count). The highest BCUT2D eigenvalue weighted by Gasteiger charge is 2.33. The minimum atomic E-state index is -0.0625. The molecule has 1 atom stereocenters. The Bertz CT molecular complexity index is 462. The second-order valence-corrected chi connectivity index (χ2v) is 7.24. The van der Waals surface area contributed by atoms with Crippen molar-refractivity contribution in [1.29, 1.82) is 0 Å². The van der Waals surface area contributed by atoms with Gasteiger partial charge in [-0.2, -0.15) is 0 Å². The maximum atomic E-state index is 6.84. The highest BCUT2D eigenvalue weighted by Crippen LogP contribution is 2.40. The largest absolute Gasteiger partial charge is 0.321 e. The third-order valence-corrected chi connectivity index (χ3v) is 5.63. The number of nitrogens with two attached hydrogens (primary N) is 1. The summed E-state index contributed by atoms with van der Waals surface area (Å²) in [6.07, 6.45) is 10.2. The Morgan fingerprint density at radius 1 is 1.00 bits per heavy atom. The predicted octanol–water partition coefficient (Wildman–Crippen LogP) is 4.00. The Kier molecular flexibility index (Phi) is 4.66. The van der Waals surface area contributed by atoms with E-state index in [0.29, 0.717) is 5.92 Å². The molecule has 0 radical (unpaired) electrons. The maximum absolute atomic E-state index is 6.84. The first kappa shape index (κ1) is 15.1. The molecular formula is C19H30N2. The molecule has 1 aliphatic carbocycles. The van der Waals surface area contributed by atoms with Crippen molar-refractivity contribution < 1.29 is 0 Å². The molecule has 1 unspecified atom stereocenters. The molecule has 0 amide bonds. The number of hydrogen-bond acceptors (Lipinski definition) is 2. The fourth-order valence-corrected chi connectivity index (χ4v) is 4.31. The van der Waals surface area contributed by atoms with E-state index in [0.717, 1.165) is 12.8 Å². The molecule has 1 aliphatic heterocycles. The van der Waals surface area contributed by atoms with Crippen molar-refractivity contribution in [3.63, 3.8) is 0 Å². The highest BCUT2D eigenvalue weighted by atomic mass is 15.1. The Morgan fingerprint density at radius 3 is 2.57 bits per heavy atom. The van der Waals surface area contributed by atoms with Gasteiger partial charge in [0.2, 0.25) is 0 Å². The molecule has 0 spiro atoms. The highest BCUT2D eigenvalue weighted by molar-refractivity contribution is 5.36. The Hall–Kier alpha value is -0.860. The van der Waals surface area contributed by atoms with Crippen LogP contribution in [0.2, 0.25) is 0 Å². The van der Waals surface area contributed by atoms with Crippen molar-refractivity contribution in [2.75, 3.05) is 20.1 Å². The minimum absolute atomic E-state index is 0.0625. The van der Waals surface area contributed by atoms with Gasteiger partial charge in [0.1, 0.15) is 0 Å². The summed E-state index contributed by atoms with van der Waals surface area (Å²) < 4.78 is 0. The van der Waals surface area contributed by atoms with Crippen LogP contribution in [0.4, 0.5) is 0 Å². The van der Waals surface area contributed by atoms with Crippen LogP contribution in [0.1, 0.15) is 68.4 Å². The van der Waals surface area contributed by atoms with Crippen LogP contribution in [0.5, 0.6) is 0 Å². The summed E-state index contributed by atoms with van der Waals surface area (Å²) in [7, 11) is 2.25. The lowest BCUT2D eigenvalue weighted by atomic mass is 9.73. The molecule has 21 heavy (non-hydrogen) atoms. The van der Waals surface area contributed by atoms with E-state index in [-0.39, 0.29) is 5.54 Å². The quantitative estimate of drug-likeness (QED) is 0.890. The third-order valence-electron chi connectivity index (χ3n) is 5.63.